The van der Waals surface area contributed by atoms with Gasteiger partial charge in [0.15, 0.2) is 0 Å². The number of carbonyl (C=O) groups is 1. The van der Waals surface area contributed by atoms with Crippen LogP contribution in [0.4, 0.5) is 0 Å². The number of nitrogens with zero attached hydrogens (tertiary/aromatic N) is 1. The quantitative estimate of drug-likeness (QED) is 0.719. The molecule has 19 heavy (non-hydrogen) atoms. The third kappa shape index (κ3) is 4.20. The lowest BCUT2D eigenvalue weighted by Gasteiger charge is -2.37. The standard InChI is InChI=1S/C16H30N2O/c1-3-13-6-8-14(9-7-13)18(15-10-11-15)16(19)5-4-12-17-2/h13-15,17H,3-12H2,1-2H3. The van der Waals surface area contributed by atoms with Crippen molar-refractivity contribution in [2.75, 3.05) is 13.6 Å². The average molecular weight is 266 g/mol. The molecule has 2 saturated carbocycles. The van der Waals surface area contributed by atoms with Crippen LogP contribution in [0.15, 0.2) is 0 Å². The lowest BCUT2D eigenvalue weighted by Crippen LogP contribution is -2.44. The Morgan fingerprint density at radius 2 is 1.68 bits per heavy atom. The Balaban J connectivity index is 1.84. The summed E-state index contributed by atoms with van der Waals surface area (Å²) in [5.74, 6) is 1.33. The SMILES string of the molecule is CCC1CCC(N(C(=O)CCCNC)C2CC2)CC1. The Morgan fingerprint density at radius 1 is 1.11 bits per heavy atom. The summed E-state index contributed by atoms with van der Waals surface area (Å²) < 4.78 is 0. The van der Waals surface area contributed by atoms with Crippen LogP contribution in [-0.4, -0.2) is 36.5 Å². The van der Waals surface area contributed by atoms with E-state index in [9.17, 15) is 4.79 Å². The van der Waals surface area contributed by atoms with Crippen LogP contribution in [0.25, 0.3) is 0 Å². The fourth-order valence-corrected chi connectivity index (χ4v) is 3.43. The third-order valence-corrected chi connectivity index (χ3v) is 4.83. The maximum atomic E-state index is 12.4. The molecule has 0 aromatic carbocycles. The van der Waals surface area contributed by atoms with E-state index in [1.807, 2.05) is 7.05 Å². The molecule has 2 rings (SSSR count). The normalized spacial score (nSPS) is 27.3. The van der Waals surface area contributed by atoms with Crippen molar-refractivity contribution in [3.05, 3.63) is 0 Å². The van der Waals surface area contributed by atoms with E-state index in [1.165, 1.54) is 44.9 Å². The zero-order valence-electron chi connectivity index (χ0n) is 12.7. The highest BCUT2D eigenvalue weighted by atomic mass is 16.2. The first-order valence-electron chi connectivity index (χ1n) is 8.22. The molecule has 2 aliphatic carbocycles. The molecule has 0 bridgehead atoms. The predicted octanol–water partition coefficient (Wildman–Crippen LogP) is 2.95. The summed E-state index contributed by atoms with van der Waals surface area (Å²) in [4.78, 5) is 14.7. The van der Waals surface area contributed by atoms with Crippen LogP contribution in [0.5, 0.6) is 0 Å². The van der Waals surface area contributed by atoms with Gasteiger partial charge in [-0.1, -0.05) is 13.3 Å². The first-order valence-corrected chi connectivity index (χ1v) is 8.22. The summed E-state index contributed by atoms with van der Waals surface area (Å²) in [7, 11) is 1.95. The van der Waals surface area contributed by atoms with Gasteiger partial charge in [0, 0.05) is 18.5 Å². The van der Waals surface area contributed by atoms with Gasteiger partial charge in [0.05, 0.1) is 0 Å². The highest BCUT2D eigenvalue weighted by molar-refractivity contribution is 5.77. The average Bonchev–Trinajstić information content (AvgIpc) is 3.25. The molecule has 0 atom stereocenters. The van der Waals surface area contributed by atoms with Gasteiger partial charge >= 0.3 is 0 Å². The van der Waals surface area contributed by atoms with Gasteiger partial charge in [-0.2, -0.15) is 0 Å². The molecule has 0 aromatic rings. The van der Waals surface area contributed by atoms with Gasteiger partial charge in [0.25, 0.3) is 0 Å². The van der Waals surface area contributed by atoms with Crippen molar-refractivity contribution in [2.45, 2.75) is 76.8 Å². The lowest BCUT2D eigenvalue weighted by molar-refractivity contribution is -0.135. The first-order chi connectivity index (χ1) is 9.26. The van der Waals surface area contributed by atoms with E-state index in [-0.39, 0.29) is 0 Å². The van der Waals surface area contributed by atoms with Crippen molar-refractivity contribution in [1.82, 2.24) is 10.2 Å². The van der Waals surface area contributed by atoms with Gasteiger partial charge in [-0.3, -0.25) is 4.79 Å². The molecule has 0 heterocycles. The summed E-state index contributed by atoms with van der Waals surface area (Å²) in [6, 6.07) is 1.14. The highest BCUT2D eigenvalue weighted by Gasteiger charge is 2.38. The fraction of sp³-hybridized carbons (Fsp3) is 0.938. The summed E-state index contributed by atoms with van der Waals surface area (Å²) in [6.45, 7) is 3.25. The minimum Gasteiger partial charge on any atom is -0.337 e. The molecular formula is C16H30N2O. The summed E-state index contributed by atoms with van der Waals surface area (Å²) in [5, 5.41) is 3.13. The fourth-order valence-electron chi connectivity index (χ4n) is 3.43. The van der Waals surface area contributed by atoms with E-state index < -0.39 is 0 Å². The molecular weight excluding hydrogens is 236 g/mol. The number of nitrogens with one attached hydrogen (secondary N) is 1. The van der Waals surface area contributed by atoms with E-state index in [4.69, 9.17) is 0 Å². The molecule has 1 amide bonds. The van der Waals surface area contributed by atoms with Crippen LogP contribution in [0, 0.1) is 5.92 Å². The van der Waals surface area contributed by atoms with Gasteiger partial charge in [0.1, 0.15) is 0 Å². The van der Waals surface area contributed by atoms with Crippen LogP contribution in [0.1, 0.15) is 64.7 Å². The minimum atomic E-state index is 0.415. The van der Waals surface area contributed by atoms with Crippen molar-refractivity contribution >= 4 is 5.91 Å². The molecule has 2 fully saturated rings. The van der Waals surface area contributed by atoms with E-state index in [0.717, 1.165) is 25.3 Å². The van der Waals surface area contributed by atoms with Crippen LogP contribution in [0.2, 0.25) is 0 Å². The molecule has 1 N–H and O–H groups in total. The zero-order valence-corrected chi connectivity index (χ0v) is 12.7. The van der Waals surface area contributed by atoms with Crippen LogP contribution in [0.3, 0.4) is 0 Å². The lowest BCUT2D eigenvalue weighted by atomic mass is 9.83. The molecule has 0 spiro atoms. The van der Waals surface area contributed by atoms with Crippen LogP contribution in [-0.2, 0) is 4.79 Å². The maximum Gasteiger partial charge on any atom is 0.223 e. The topological polar surface area (TPSA) is 32.3 Å². The summed E-state index contributed by atoms with van der Waals surface area (Å²) in [5.41, 5.74) is 0. The third-order valence-electron chi connectivity index (χ3n) is 4.83. The second-order valence-electron chi connectivity index (χ2n) is 6.32. The second kappa shape index (κ2) is 7.28. The molecule has 110 valence electrons. The monoisotopic (exact) mass is 266 g/mol. The molecule has 0 saturated heterocycles. The van der Waals surface area contributed by atoms with E-state index in [0.29, 0.717) is 18.0 Å². The van der Waals surface area contributed by atoms with Gasteiger partial charge in [0.2, 0.25) is 5.91 Å². The number of hydrogen-bond acceptors (Lipinski definition) is 2. The van der Waals surface area contributed by atoms with E-state index in [2.05, 4.69) is 17.1 Å². The van der Waals surface area contributed by atoms with Gasteiger partial charge < -0.3 is 10.2 Å². The van der Waals surface area contributed by atoms with E-state index >= 15 is 0 Å². The Morgan fingerprint density at radius 3 is 2.16 bits per heavy atom. The molecule has 2 aliphatic rings. The van der Waals surface area contributed by atoms with Crippen molar-refractivity contribution in [3.63, 3.8) is 0 Å². The molecule has 3 heteroatoms. The van der Waals surface area contributed by atoms with Crippen LogP contribution < -0.4 is 5.32 Å². The number of hydrogen-bond donors (Lipinski definition) is 1. The molecule has 0 unspecified atom stereocenters. The Labute approximate surface area is 118 Å². The summed E-state index contributed by atoms with van der Waals surface area (Å²) >= 11 is 0. The largest absolute Gasteiger partial charge is 0.337 e. The van der Waals surface area contributed by atoms with Crippen molar-refractivity contribution < 1.29 is 4.79 Å². The van der Waals surface area contributed by atoms with Crippen molar-refractivity contribution in [3.8, 4) is 0 Å². The number of rotatable bonds is 7. The Bertz CT molecular complexity index is 280. The Kier molecular flexibility index (Phi) is 5.68. The van der Waals surface area contributed by atoms with Crippen LogP contribution >= 0.6 is 0 Å². The van der Waals surface area contributed by atoms with Gasteiger partial charge in [-0.25, -0.2) is 0 Å². The van der Waals surface area contributed by atoms with Crippen molar-refractivity contribution in [2.24, 2.45) is 5.92 Å². The number of carbonyl (C=O) groups excluding carboxylic acids is 1. The second-order valence-corrected chi connectivity index (χ2v) is 6.32. The molecule has 3 nitrogen and oxygen atoms in total. The van der Waals surface area contributed by atoms with Crippen molar-refractivity contribution in [1.29, 1.82) is 0 Å². The maximum absolute atomic E-state index is 12.4. The van der Waals surface area contributed by atoms with Gasteiger partial charge in [-0.05, 0) is 64.5 Å². The highest BCUT2D eigenvalue weighted by Crippen LogP contribution is 2.36. The molecule has 0 radical (unpaired) electrons. The first kappa shape index (κ1) is 14.8. The smallest absolute Gasteiger partial charge is 0.223 e. The molecule has 0 aromatic heterocycles. The molecule has 0 aliphatic heterocycles. The summed E-state index contributed by atoms with van der Waals surface area (Å²) in [6.07, 6.45) is 10.6. The minimum absolute atomic E-state index is 0.415. The van der Waals surface area contributed by atoms with Gasteiger partial charge in [-0.15, -0.1) is 0 Å². The zero-order chi connectivity index (χ0) is 13.7. The Hall–Kier alpha value is -0.570. The predicted molar refractivity (Wildman–Crippen MR) is 79.1 cm³/mol. The number of amides is 1. The van der Waals surface area contributed by atoms with E-state index in [1.54, 1.807) is 0 Å².